The third-order valence-electron chi connectivity index (χ3n) is 4.10. The molecule has 0 amide bonds. The molecule has 4 heteroatoms. The second-order valence-corrected chi connectivity index (χ2v) is 8.13. The average molecular weight is 303 g/mol. The Kier molecular flexibility index (Phi) is 4.34. The van der Waals surface area contributed by atoms with Crippen molar-refractivity contribution in [2.24, 2.45) is 0 Å². The van der Waals surface area contributed by atoms with Gasteiger partial charge in [-0.15, -0.1) is 0 Å². The maximum absolute atomic E-state index is 13.0. The highest BCUT2D eigenvalue weighted by molar-refractivity contribution is 7.57. The Balaban J connectivity index is 1.63. The van der Waals surface area contributed by atoms with Crippen molar-refractivity contribution in [3.63, 3.8) is 0 Å². The Morgan fingerprint density at radius 2 is 1.57 bits per heavy atom. The minimum atomic E-state index is -0.298. The minimum absolute atomic E-state index is 0.0928. The normalized spacial score (nSPS) is 25.7. The molecule has 0 spiro atoms. The molecule has 0 atom stereocenters. The molecule has 110 valence electrons. The summed E-state index contributed by atoms with van der Waals surface area (Å²) in [6.45, 7) is 1.23. The maximum atomic E-state index is 13.0. The molecule has 0 saturated carbocycles. The lowest BCUT2D eigenvalue weighted by Crippen LogP contribution is -2.50. The van der Waals surface area contributed by atoms with E-state index in [0.29, 0.717) is 18.8 Å². The highest BCUT2D eigenvalue weighted by Gasteiger charge is 2.28. The van der Waals surface area contributed by atoms with Crippen LogP contribution in [0.3, 0.4) is 0 Å². The summed E-state index contributed by atoms with van der Waals surface area (Å²) in [5.41, 5.74) is 2.06. The highest BCUT2D eigenvalue weighted by atomic mass is 31.1. The molecule has 0 N–H and O–H groups in total. The van der Waals surface area contributed by atoms with Gasteiger partial charge in [-0.2, -0.15) is 0 Å². The second-order valence-electron chi connectivity index (χ2n) is 5.57. The van der Waals surface area contributed by atoms with Gasteiger partial charge in [0.1, 0.15) is 11.5 Å². The summed E-state index contributed by atoms with van der Waals surface area (Å²) >= 11 is 0. The molecule has 0 bridgehead atoms. The molecule has 2 nitrogen and oxygen atoms in total. The zero-order valence-electron chi connectivity index (χ0n) is 11.9. The van der Waals surface area contributed by atoms with E-state index >= 15 is 0 Å². The smallest absolute Gasteiger partial charge is 0.133 e. The van der Waals surface area contributed by atoms with Crippen LogP contribution in [-0.4, -0.2) is 25.4 Å². The van der Waals surface area contributed by atoms with E-state index in [0.717, 1.165) is 18.5 Å². The number of nitrogens with zero attached hydrogens (tertiary/aromatic N) is 1. The summed E-state index contributed by atoms with van der Waals surface area (Å²) in [4.78, 5) is 0. The van der Waals surface area contributed by atoms with Crippen LogP contribution < -0.4 is 4.65 Å². The van der Waals surface area contributed by atoms with Crippen molar-refractivity contribution in [2.45, 2.75) is 6.16 Å². The van der Waals surface area contributed by atoms with E-state index in [-0.39, 0.29) is 18.4 Å². The Labute approximate surface area is 126 Å². The lowest BCUT2D eigenvalue weighted by molar-refractivity contribution is 0.403. The quantitative estimate of drug-likeness (QED) is 0.470. The number of hydrogen-bond acceptors (Lipinski definition) is 1. The van der Waals surface area contributed by atoms with Crippen LogP contribution >= 0.6 is 7.92 Å². The van der Waals surface area contributed by atoms with Crippen LogP contribution in [0.2, 0.25) is 0 Å². The lowest BCUT2D eigenvalue weighted by Gasteiger charge is -2.47. The van der Waals surface area contributed by atoms with Gasteiger partial charge in [-0.05, 0) is 23.9 Å². The lowest BCUT2D eigenvalue weighted by atomic mass is 10.2. The van der Waals surface area contributed by atoms with Gasteiger partial charge in [0.15, 0.2) is 0 Å². The van der Waals surface area contributed by atoms with Crippen molar-refractivity contribution in [3.05, 3.63) is 71.2 Å². The molecule has 2 aromatic carbocycles. The Bertz CT molecular complexity index is 579. The van der Waals surface area contributed by atoms with Gasteiger partial charge in [-0.3, -0.25) is 0 Å². The van der Waals surface area contributed by atoms with Crippen LogP contribution in [0, 0.1) is 11.0 Å². The van der Waals surface area contributed by atoms with Gasteiger partial charge in [-0.25, -0.2) is 4.39 Å². The number of rotatable bonds is 3. The molecule has 2 aromatic rings. The molecular formula is C17H19FNOP. The van der Waals surface area contributed by atoms with E-state index < -0.39 is 0 Å². The average Bonchev–Trinajstić information content (AvgIpc) is 2.51. The van der Waals surface area contributed by atoms with E-state index in [1.165, 1.54) is 17.7 Å². The molecule has 1 saturated heterocycles. The van der Waals surface area contributed by atoms with Gasteiger partial charge in [-0.1, -0.05) is 38.3 Å². The van der Waals surface area contributed by atoms with E-state index in [4.69, 9.17) is 0 Å². The van der Waals surface area contributed by atoms with Crippen LogP contribution in [0.15, 0.2) is 54.6 Å². The van der Waals surface area contributed by atoms with E-state index in [1.54, 1.807) is 12.1 Å². The van der Waals surface area contributed by atoms with Gasteiger partial charge >= 0.3 is 0 Å². The molecule has 3 rings (SSSR count). The Morgan fingerprint density at radius 3 is 2.19 bits per heavy atom. The third kappa shape index (κ3) is 3.49. The fourth-order valence-electron chi connectivity index (χ4n) is 2.80. The number of hydroxylamine groups is 2. The third-order valence-corrected chi connectivity index (χ3v) is 6.58. The highest BCUT2D eigenvalue weighted by Crippen LogP contribution is 2.44. The summed E-state index contributed by atoms with van der Waals surface area (Å²) < 4.78 is 12.7. The van der Waals surface area contributed by atoms with Crippen LogP contribution in [0.5, 0.6) is 0 Å². The van der Waals surface area contributed by atoms with Gasteiger partial charge in [0, 0.05) is 24.5 Å². The predicted octanol–water partition coefficient (Wildman–Crippen LogP) is 4.33. The zero-order valence-corrected chi connectivity index (χ0v) is 12.8. The van der Waals surface area contributed by atoms with E-state index in [9.17, 15) is 9.60 Å². The molecule has 0 unspecified atom stereocenters. The number of halogens is 1. The first kappa shape index (κ1) is 14.6. The zero-order chi connectivity index (χ0) is 14.7. The Hall–Kier alpha value is -1.28. The molecule has 21 heavy (non-hydrogen) atoms. The standard InChI is InChI=1S/C17H19FNOP/c18-16-6-8-17(9-7-16)19(20)10-12-21(13-11-19)14-15-4-2-1-3-5-15/h1-9H,10-14H2. The maximum Gasteiger partial charge on any atom is 0.133 e. The summed E-state index contributed by atoms with van der Waals surface area (Å²) in [5, 5.41) is 12.9. The molecule has 1 aliphatic rings. The van der Waals surface area contributed by atoms with Gasteiger partial charge in [0.2, 0.25) is 0 Å². The predicted molar refractivity (Wildman–Crippen MR) is 88.1 cm³/mol. The molecule has 0 radical (unpaired) electrons. The number of hydrogen-bond donors (Lipinski definition) is 0. The molecule has 1 heterocycles. The number of benzene rings is 2. The first-order valence-electron chi connectivity index (χ1n) is 7.26. The van der Waals surface area contributed by atoms with Crippen molar-refractivity contribution in [1.29, 1.82) is 0 Å². The summed E-state index contributed by atoms with van der Waals surface area (Å²) in [6.07, 6.45) is 3.09. The van der Waals surface area contributed by atoms with Crippen molar-refractivity contribution in [1.82, 2.24) is 4.65 Å². The summed E-state index contributed by atoms with van der Waals surface area (Å²) in [6, 6.07) is 16.5. The Morgan fingerprint density at radius 1 is 0.952 bits per heavy atom. The monoisotopic (exact) mass is 303 g/mol. The summed E-state index contributed by atoms with van der Waals surface area (Å²) in [5.74, 6) is -0.284. The molecule has 0 aromatic heterocycles. The van der Waals surface area contributed by atoms with Crippen LogP contribution in [-0.2, 0) is 6.16 Å². The first-order chi connectivity index (χ1) is 10.2. The minimum Gasteiger partial charge on any atom is -0.627 e. The molecule has 1 aliphatic heterocycles. The largest absolute Gasteiger partial charge is 0.627 e. The first-order valence-corrected chi connectivity index (χ1v) is 9.16. The summed E-state index contributed by atoms with van der Waals surface area (Å²) in [7, 11) is -0.0928. The van der Waals surface area contributed by atoms with Gasteiger partial charge in [0.05, 0.1) is 13.1 Å². The fraction of sp³-hybridized carbons (Fsp3) is 0.294. The van der Waals surface area contributed by atoms with E-state index in [2.05, 4.69) is 24.3 Å². The van der Waals surface area contributed by atoms with Crippen LogP contribution in [0.25, 0.3) is 0 Å². The molecule has 1 fully saturated rings. The van der Waals surface area contributed by atoms with E-state index in [1.807, 2.05) is 6.07 Å². The van der Waals surface area contributed by atoms with Crippen molar-refractivity contribution >= 4 is 13.6 Å². The molecular weight excluding hydrogens is 284 g/mol. The fourth-order valence-corrected chi connectivity index (χ4v) is 5.28. The van der Waals surface area contributed by atoms with Crippen LogP contribution in [0.4, 0.5) is 10.1 Å². The van der Waals surface area contributed by atoms with Crippen molar-refractivity contribution in [3.8, 4) is 0 Å². The molecule has 0 aliphatic carbocycles. The van der Waals surface area contributed by atoms with Crippen molar-refractivity contribution < 1.29 is 4.39 Å². The van der Waals surface area contributed by atoms with Crippen LogP contribution in [0.1, 0.15) is 5.56 Å². The second kappa shape index (κ2) is 6.23. The van der Waals surface area contributed by atoms with Crippen molar-refractivity contribution in [2.75, 3.05) is 25.4 Å². The van der Waals surface area contributed by atoms with Gasteiger partial charge < -0.3 is 9.85 Å². The SMILES string of the molecule is [O-][N+]1(c2ccc(F)cc2)CCP(Cc2ccccc2)CC1. The topological polar surface area (TPSA) is 23.1 Å². The van der Waals surface area contributed by atoms with Gasteiger partial charge in [0.25, 0.3) is 0 Å². The number of quaternary nitrogens is 1.